The van der Waals surface area contributed by atoms with Crippen molar-refractivity contribution in [2.45, 2.75) is 33.1 Å². The Morgan fingerprint density at radius 2 is 2.08 bits per heavy atom. The van der Waals surface area contributed by atoms with Crippen molar-refractivity contribution in [1.29, 1.82) is 5.26 Å². The third-order valence-electron chi connectivity index (χ3n) is 2.96. The zero-order chi connectivity index (χ0) is 8.97. The highest BCUT2D eigenvalue weighted by Gasteiger charge is 2.30. The average molecular weight is 167 g/mol. The van der Waals surface area contributed by atoms with Crippen LogP contribution in [-0.4, -0.2) is 6.61 Å². The molecule has 0 bridgehead atoms. The molecule has 1 rings (SSSR count). The number of hydrogen-bond donors (Lipinski definition) is 0. The summed E-state index contributed by atoms with van der Waals surface area (Å²) < 4.78 is 4.80. The molecule has 3 atom stereocenters. The SMILES string of the molecule is CCC1CC(C)CC1COC#N. The average Bonchev–Trinajstić information content (AvgIpc) is 2.42. The van der Waals surface area contributed by atoms with E-state index >= 15 is 0 Å². The lowest BCUT2D eigenvalue weighted by Gasteiger charge is -2.14. The number of hydrogen-bond acceptors (Lipinski definition) is 2. The van der Waals surface area contributed by atoms with E-state index in [0.717, 1.165) is 11.8 Å². The minimum Gasteiger partial charge on any atom is -0.427 e. The molecule has 1 aliphatic carbocycles. The lowest BCUT2D eigenvalue weighted by atomic mass is 9.95. The number of rotatable bonds is 3. The van der Waals surface area contributed by atoms with Crippen LogP contribution in [0.1, 0.15) is 33.1 Å². The van der Waals surface area contributed by atoms with Gasteiger partial charge < -0.3 is 4.74 Å². The molecular formula is C10H17NO. The van der Waals surface area contributed by atoms with Crippen molar-refractivity contribution in [3.05, 3.63) is 0 Å². The smallest absolute Gasteiger partial charge is 0.286 e. The van der Waals surface area contributed by atoms with Crippen molar-refractivity contribution in [2.24, 2.45) is 17.8 Å². The monoisotopic (exact) mass is 167 g/mol. The van der Waals surface area contributed by atoms with E-state index in [1.165, 1.54) is 19.3 Å². The topological polar surface area (TPSA) is 33.0 Å². The van der Waals surface area contributed by atoms with Crippen LogP contribution >= 0.6 is 0 Å². The molecule has 2 heteroatoms. The molecule has 0 aromatic rings. The second-order valence-electron chi connectivity index (χ2n) is 3.91. The highest BCUT2D eigenvalue weighted by molar-refractivity contribution is 4.81. The summed E-state index contributed by atoms with van der Waals surface area (Å²) in [6.07, 6.45) is 5.53. The Balaban J connectivity index is 2.36. The third kappa shape index (κ3) is 2.14. The summed E-state index contributed by atoms with van der Waals surface area (Å²) in [7, 11) is 0. The van der Waals surface area contributed by atoms with E-state index in [1.807, 2.05) is 0 Å². The summed E-state index contributed by atoms with van der Waals surface area (Å²) in [5, 5.41) is 8.28. The quantitative estimate of drug-likeness (QED) is 0.605. The number of nitriles is 1. The van der Waals surface area contributed by atoms with Crippen LogP contribution in [0.15, 0.2) is 0 Å². The van der Waals surface area contributed by atoms with Crippen LogP contribution in [0.5, 0.6) is 0 Å². The first-order valence-electron chi connectivity index (χ1n) is 4.78. The summed E-state index contributed by atoms with van der Waals surface area (Å²) in [5.74, 6) is 2.24. The fourth-order valence-electron chi connectivity index (χ4n) is 2.36. The second kappa shape index (κ2) is 4.35. The van der Waals surface area contributed by atoms with Crippen LogP contribution in [-0.2, 0) is 4.74 Å². The van der Waals surface area contributed by atoms with Crippen molar-refractivity contribution in [1.82, 2.24) is 0 Å². The van der Waals surface area contributed by atoms with E-state index in [4.69, 9.17) is 10.00 Å². The van der Waals surface area contributed by atoms with Gasteiger partial charge in [-0.2, -0.15) is 5.26 Å². The fourth-order valence-corrected chi connectivity index (χ4v) is 2.36. The van der Waals surface area contributed by atoms with E-state index < -0.39 is 0 Å². The van der Waals surface area contributed by atoms with Crippen molar-refractivity contribution >= 4 is 0 Å². The molecule has 0 radical (unpaired) electrons. The van der Waals surface area contributed by atoms with Gasteiger partial charge in [0.05, 0.1) is 0 Å². The predicted octanol–water partition coefficient (Wildman–Crippen LogP) is 2.56. The second-order valence-corrected chi connectivity index (χ2v) is 3.91. The number of nitrogens with zero attached hydrogens (tertiary/aromatic N) is 1. The van der Waals surface area contributed by atoms with Crippen molar-refractivity contribution < 1.29 is 4.74 Å². The molecule has 0 aromatic carbocycles. The Labute approximate surface area is 74.5 Å². The molecule has 1 aliphatic rings. The van der Waals surface area contributed by atoms with Crippen LogP contribution in [0.25, 0.3) is 0 Å². The van der Waals surface area contributed by atoms with E-state index in [0.29, 0.717) is 12.5 Å². The van der Waals surface area contributed by atoms with Crippen LogP contribution in [0, 0.1) is 29.3 Å². The van der Waals surface area contributed by atoms with Gasteiger partial charge in [0.15, 0.2) is 0 Å². The molecule has 0 aromatic heterocycles. The molecule has 12 heavy (non-hydrogen) atoms. The van der Waals surface area contributed by atoms with Gasteiger partial charge in [0.25, 0.3) is 6.26 Å². The molecule has 1 saturated carbocycles. The van der Waals surface area contributed by atoms with Crippen molar-refractivity contribution in [2.75, 3.05) is 6.61 Å². The predicted molar refractivity (Wildman–Crippen MR) is 47.2 cm³/mol. The highest BCUT2D eigenvalue weighted by Crippen LogP contribution is 2.37. The number of ether oxygens (including phenoxy) is 1. The summed E-state index contributed by atoms with van der Waals surface area (Å²) in [5.41, 5.74) is 0. The minimum atomic E-state index is 0.629. The molecule has 0 saturated heterocycles. The minimum absolute atomic E-state index is 0.629. The normalized spacial score (nSPS) is 34.6. The molecule has 3 unspecified atom stereocenters. The van der Waals surface area contributed by atoms with Crippen LogP contribution in [0.2, 0.25) is 0 Å². The zero-order valence-corrected chi connectivity index (χ0v) is 7.92. The molecule has 0 aliphatic heterocycles. The van der Waals surface area contributed by atoms with Gasteiger partial charge in [-0.05, 0) is 30.6 Å². The van der Waals surface area contributed by atoms with Gasteiger partial charge in [-0.3, -0.25) is 0 Å². The van der Waals surface area contributed by atoms with Crippen molar-refractivity contribution in [3.8, 4) is 6.26 Å². The van der Waals surface area contributed by atoms with E-state index in [2.05, 4.69) is 13.8 Å². The van der Waals surface area contributed by atoms with Crippen LogP contribution < -0.4 is 0 Å². The first kappa shape index (κ1) is 9.38. The van der Waals surface area contributed by atoms with E-state index in [1.54, 1.807) is 6.26 Å². The Morgan fingerprint density at radius 1 is 1.42 bits per heavy atom. The molecular weight excluding hydrogens is 150 g/mol. The maximum atomic E-state index is 8.28. The molecule has 0 N–H and O–H groups in total. The van der Waals surface area contributed by atoms with Gasteiger partial charge in [0, 0.05) is 0 Å². The van der Waals surface area contributed by atoms with Crippen LogP contribution in [0.3, 0.4) is 0 Å². The Bertz CT molecular complexity index is 173. The van der Waals surface area contributed by atoms with Gasteiger partial charge in [-0.15, -0.1) is 0 Å². The Kier molecular flexibility index (Phi) is 3.40. The molecule has 68 valence electrons. The lowest BCUT2D eigenvalue weighted by Crippen LogP contribution is -2.12. The van der Waals surface area contributed by atoms with E-state index in [9.17, 15) is 0 Å². The molecule has 0 spiro atoms. The Hall–Kier alpha value is -0.710. The maximum Gasteiger partial charge on any atom is 0.286 e. The standard InChI is InChI=1S/C10H17NO/c1-3-9-4-8(2)5-10(9)6-12-7-11/h8-10H,3-6H2,1-2H3. The maximum absolute atomic E-state index is 8.28. The largest absolute Gasteiger partial charge is 0.427 e. The van der Waals surface area contributed by atoms with Gasteiger partial charge in [-0.1, -0.05) is 20.3 Å². The molecule has 0 amide bonds. The Morgan fingerprint density at radius 3 is 2.67 bits per heavy atom. The van der Waals surface area contributed by atoms with Gasteiger partial charge in [-0.25, -0.2) is 0 Å². The lowest BCUT2D eigenvalue weighted by molar-refractivity contribution is 0.180. The third-order valence-corrected chi connectivity index (χ3v) is 2.96. The molecule has 1 fully saturated rings. The first-order valence-corrected chi connectivity index (χ1v) is 4.78. The zero-order valence-electron chi connectivity index (χ0n) is 7.92. The van der Waals surface area contributed by atoms with Crippen LogP contribution in [0.4, 0.5) is 0 Å². The van der Waals surface area contributed by atoms with Gasteiger partial charge in [0.2, 0.25) is 0 Å². The summed E-state index contributed by atoms with van der Waals surface area (Å²) in [6, 6.07) is 0. The van der Waals surface area contributed by atoms with Gasteiger partial charge in [0.1, 0.15) is 6.61 Å². The summed E-state index contributed by atoms with van der Waals surface area (Å²) >= 11 is 0. The molecule has 2 nitrogen and oxygen atoms in total. The fraction of sp³-hybridized carbons (Fsp3) is 0.900. The summed E-state index contributed by atoms with van der Waals surface area (Å²) in [6.45, 7) is 5.15. The van der Waals surface area contributed by atoms with E-state index in [-0.39, 0.29) is 0 Å². The van der Waals surface area contributed by atoms with Gasteiger partial charge >= 0.3 is 0 Å². The summed E-state index contributed by atoms with van der Waals surface area (Å²) in [4.78, 5) is 0. The van der Waals surface area contributed by atoms with Crippen molar-refractivity contribution in [3.63, 3.8) is 0 Å². The first-order chi connectivity index (χ1) is 5.77. The molecule has 0 heterocycles. The highest BCUT2D eigenvalue weighted by atomic mass is 16.5.